The van der Waals surface area contributed by atoms with Crippen LogP contribution < -0.4 is 62.0 Å². The van der Waals surface area contributed by atoms with Crippen molar-refractivity contribution in [3.8, 4) is 11.5 Å². The Morgan fingerprint density at radius 3 is 1.15 bits per heavy atom. The van der Waals surface area contributed by atoms with Gasteiger partial charge in [-0.3, -0.25) is 0 Å². The van der Waals surface area contributed by atoms with E-state index in [4.69, 9.17) is 4.74 Å². The minimum atomic E-state index is -0.0373. The van der Waals surface area contributed by atoms with E-state index >= 15 is 0 Å². The fourth-order valence-corrected chi connectivity index (χ4v) is 16.8. The first-order valence-electron chi connectivity index (χ1n) is 31.2. The minimum absolute atomic E-state index is 0.0219. The number of ether oxygens (including phenoxy) is 1. The third-order valence-electron chi connectivity index (χ3n) is 20.3. The van der Waals surface area contributed by atoms with Gasteiger partial charge in [0.25, 0.3) is 13.4 Å². The molecule has 0 N–H and O–H groups in total. The summed E-state index contributed by atoms with van der Waals surface area (Å²) in [6.07, 6.45) is 26.0. The van der Waals surface area contributed by atoms with Crippen molar-refractivity contribution in [2.75, 3.05) is 24.5 Å². The van der Waals surface area contributed by atoms with Crippen LogP contribution in [0.1, 0.15) is 128 Å². The minimum Gasteiger partial charge on any atom is -0.458 e. The third-order valence-corrected chi connectivity index (χ3v) is 20.3. The highest BCUT2D eigenvalue weighted by Crippen LogP contribution is 2.51. The molecule has 0 aromatic heterocycles. The number of fused-ring (bicyclic) bond motifs is 8. The molecule has 0 radical (unpaired) electrons. The topological polar surface area (TPSA) is 25.4 Å². The number of hydrogen-bond donors (Lipinski definition) is 0. The first kappa shape index (κ1) is 48.6. The monoisotopic (exact) mass is 1050 g/mol. The quantitative estimate of drug-likeness (QED) is 0.134. The van der Waals surface area contributed by atoms with Gasteiger partial charge in [0.1, 0.15) is 11.5 Å². The number of benzene rings is 8. The van der Waals surface area contributed by atoms with Crippen LogP contribution in [0.5, 0.6) is 11.5 Å². The van der Waals surface area contributed by atoms with Gasteiger partial charge in [0, 0.05) is 92.8 Å². The lowest BCUT2D eigenvalue weighted by molar-refractivity contribution is 0.339. The van der Waals surface area contributed by atoms with E-state index in [1.165, 1.54) is 224 Å². The van der Waals surface area contributed by atoms with Crippen LogP contribution in [-0.4, -0.2) is 37.6 Å². The summed E-state index contributed by atoms with van der Waals surface area (Å²) in [6.45, 7) is -0.0592. The van der Waals surface area contributed by atoms with Gasteiger partial charge in [0.15, 0.2) is 0 Å². The number of rotatable bonds is 9. The summed E-state index contributed by atoms with van der Waals surface area (Å²) in [4.78, 5) is 13.9. The number of para-hydroxylation sites is 5. The van der Waals surface area contributed by atoms with Crippen molar-refractivity contribution >= 4 is 109 Å². The Morgan fingerprint density at radius 2 is 0.675 bits per heavy atom. The fraction of sp³-hybridized carbons (Fsp3) is 0.333. The SMILES string of the molecule is c1ccc(N2c3cc4c(cc3B3c5ccccc5Oc5cc(N(C6CCCCC6)C6CCCCC6)cc2c53)B2c3ccccc3N(c3ccccc3)c3cc(N(C5CCCCC5)C5CCCCC5)cc(c32)N4c2ccccc2)cc1. The van der Waals surface area contributed by atoms with Crippen LogP contribution in [-0.2, 0) is 0 Å². The number of nitrogens with zero attached hydrogens (tertiary/aromatic N) is 5. The van der Waals surface area contributed by atoms with E-state index in [1.807, 2.05) is 0 Å². The van der Waals surface area contributed by atoms with E-state index < -0.39 is 0 Å². The van der Waals surface area contributed by atoms with E-state index in [2.05, 4.69) is 200 Å². The molecule has 6 nitrogen and oxygen atoms in total. The molecule has 0 unspecified atom stereocenters. The molecule has 0 amide bonds. The maximum absolute atomic E-state index is 7.34. The van der Waals surface area contributed by atoms with Crippen molar-refractivity contribution in [3.05, 3.63) is 176 Å². The molecule has 398 valence electrons. The van der Waals surface area contributed by atoms with Gasteiger partial charge in [0.2, 0.25) is 0 Å². The van der Waals surface area contributed by atoms with Crippen molar-refractivity contribution in [1.82, 2.24) is 0 Å². The van der Waals surface area contributed by atoms with E-state index in [0.29, 0.717) is 24.2 Å². The molecule has 4 aliphatic carbocycles. The molecular formula is C72H73B2N5O. The van der Waals surface area contributed by atoms with Crippen LogP contribution >= 0.6 is 0 Å². The maximum Gasteiger partial charge on any atom is 0.256 e. The summed E-state index contributed by atoms with van der Waals surface area (Å²) in [6, 6.07) is 70.2. The van der Waals surface area contributed by atoms with Crippen molar-refractivity contribution in [3.63, 3.8) is 0 Å². The molecule has 80 heavy (non-hydrogen) atoms. The summed E-state index contributed by atoms with van der Waals surface area (Å²) in [5.41, 5.74) is 21.9. The fourth-order valence-electron chi connectivity index (χ4n) is 16.8. The Labute approximate surface area is 475 Å². The van der Waals surface area contributed by atoms with E-state index in [1.54, 1.807) is 0 Å². The molecule has 4 aliphatic heterocycles. The van der Waals surface area contributed by atoms with E-state index in [0.717, 1.165) is 11.5 Å². The van der Waals surface area contributed by atoms with Crippen LogP contribution in [0.25, 0.3) is 0 Å². The van der Waals surface area contributed by atoms with Crippen LogP contribution in [0.4, 0.5) is 62.6 Å². The van der Waals surface area contributed by atoms with Gasteiger partial charge in [-0.05, 0) is 157 Å². The van der Waals surface area contributed by atoms with Crippen LogP contribution in [0.2, 0.25) is 0 Å². The second kappa shape index (κ2) is 20.3. The Bertz CT molecular complexity index is 3550. The van der Waals surface area contributed by atoms with Crippen molar-refractivity contribution in [1.29, 1.82) is 0 Å². The van der Waals surface area contributed by atoms with Gasteiger partial charge in [-0.2, -0.15) is 0 Å². The molecule has 8 heteroatoms. The molecule has 0 atom stereocenters. The van der Waals surface area contributed by atoms with E-state index in [9.17, 15) is 0 Å². The summed E-state index contributed by atoms with van der Waals surface area (Å²) in [5, 5.41) is 0. The Balaban J connectivity index is 0.980. The average Bonchev–Trinajstić information content (AvgIpc) is 3.51. The molecule has 8 aliphatic rings. The molecule has 4 fully saturated rings. The summed E-state index contributed by atoms with van der Waals surface area (Å²) in [7, 11) is 0. The standard InChI is InChI=1S/C72H73B2N5O/c1-8-26-50(27-9-1)75(51-28-10-2-11-29-51)57-44-66-71-67(45-57)78(55-36-18-6-19-37-55)64-49-65-62(48-61(64)73(71)59-40-22-24-42-63(59)77(66)54-34-16-5-17-35-54)74-60-41-23-25-43-69(60)80-70-47-58(46-68(72(70)74)79(65)56-38-20-7-21-39-56)76(52-30-12-3-13-31-52)53-32-14-4-15-33-53/h5-7,16-25,34-53H,1-4,8-15,26-33H2. The highest BCUT2D eigenvalue weighted by Gasteiger charge is 2.49. The lowest BCUT2D eigenvalue weighted by Gasteiger charge is -2.48. The Hall–Kier alpha value is -7.31. The molecule has 8 aromatic rings. The zero-order valence-electron chi connectivity index (χ0n) is 46.5. The lowest BCUT2D eigenvalue weighted by Crippen LogP contribution is -2.64. The molecule has 4 heterocycles. The van der Waals surface area contributed by atoms with Gasteiger partial charge < -0.3 is 29.2 Å². The van der Waals surface area contributed by atoms with Crippen LogP contribution in [0.3, 0.4) is 0 Å². The normalized spacial score (nSPS) is 18.8. The summed E-state index contributed by atoms with van der Waals surface area (Å²) < 4.78 is 7.34. The van der Waals surface area contributed by atoms with Gasteiger partial charge in [-0.25, -0.2) is 0 Å². The first-order valence-corrected chi connectivity index (χ1v) is 31.2. The molecule has 0 spiro atoms. The van der Waals surface area contributed by atoms with Crippen molar-refractivity contribution < 1.29 is 4.74 Å². The molecule has 8 aromatic carbocycles. The highest BCUT2D eigenvalue weighted by molar-refractivity contribution is 7.02. The molecule has 16 rings (SSSR count). The smallest absolute Gasteiger partial charge is 0.256 e. The Kier molecular flexibility index (Phi) is 12.4. The second-order valence-electron chi connectivity index (χ2n) is 24.8. The lowest BCUT2D eigenvalue weighted by atomic mass is 9.30. The van der Waals surface area contributed by atoms with Gasteiger partial charge in [-0.15, -0.1) is 0 Å². The average molecular weight is 1050 g/mol. The van der Waals surface area contributed by atoms with Crippen LogP contribution in [0, 0.1) is 0 Å². The maximum atomic E-state index is 7.34. The highest BCUT2D eigenvalue weighted by atomic mass is 16.5. The van der Waals surface area contributed by atoms with Crippen molar-refractivity contribution in [2.45, 2.75) is 153 Å². The van der Waals surface area contributed by atoms with Crippen molar-refractivity contribution in [2.24, 2.45) is 0 Å². The second-order valence-corrected chi connectivity index (χ2v) is 24.8. The summed E-state index contributed by atoms with van der Waals surface area (Å²) >= 11 is 0. The molecule has 4 saturated carbocycles. The number of anilines is 11. The number of hydrogen-bond acceptors (Lipinski definition) is 6. The van der Waals surface area contributed by atoms with Gasteiger partial charge in [-0.1, -0.05) is 174 Å². The summed E-state index contributed by atoms with van der Waals surface area (Å²) in [5.74, 6) is 1.98. The Morgan fingerprint density at radius 1 is 0.300 bits per heavy atom. The molecule has 0 bridgehead atoms. The van der Waals surface area contributed by atoms with Crippen LogP contribution in [0.15, 0.2) is 176 Å². The zero-order chi connectivity index (χ0) is 52.7. The largest absolute Gasteiger partial charge is 0.458 e. The predicted octanol–water partition coefficient (Wildman–Crippen LogP) is 15.1. The predicted molar refractivity (Wildman–Crippen MR) is 339 cm³/mol. The van der Waals surface area contributed by atoms with Gasteiger partial charge in [0.05, 0.1) is 0 Å². The van der Waals surface area contributed by atoms with Gasteiger partial charge >= 0.3 is 0 Å². The molecule has 0 saturated heterocycles. The van der Waals surface area contributed by atoms with E-state index in [-0.39, 0.29) is 13.4 Å². The zero-order valence-corrected chi connectivity index (χ0v) is 46.5. The first-order chi connectivity index (χ1) is 39.7. The third kappa shape index (κ3) is 8.04. The molecular weight excluding hydrogens is 972 g/mol.